The van der Waals surface area contributed by atoms with Crippen LogP contribution in [0.4, 0.5) is 0 Å². The molecule has 4 nitrogen and oxygen atoms in total. The molecular weight excluding hydrogens is 224 g/mol. The van der Waals surface area contributed by atoms with Gasteiger partial charge in [0, 0.05) is 23.0 Å². The molecule has 2 heterocycles. The van der Waals surface area contributed by atoms with Crippen LogP contribution in [-0.2, 0) is 0 Å². The summed E-state index contributed by atoms with van der Waals surface area (Å²) >= 11 is 0. The first-order valence-electron chi connectivity index (χ1n) is 5.73. The highest BCUT2D eigenvalue weighted by Crippen LogP contribution is 2.30. The number of aromatic amines is 1. The molecule has 2 aromatic heterocycles. The van der Waals surface area contributed by atoms with Crippen LogP contribution in [0.25, 0.3) is 22.5 Å². The minimum absolute atomic E-state index is 0.884. The largest absolute Gasteiger partial charge is 0.282 e. The molecule has 0 saturated carbocycles. The zero-order chi connectivity index (χ0) is 12.4. The van der Waals surface area contributed by atoms with E-state index in [-0.39, 0.29) is 0 Å². The van der Waals surface area contributed by atoms with E-state index in [4.69, 9.17) is 0 Å². The smallest absolute Gasteiger partial charge is 0.116 e. The quantitative estimate of drug-likeness (QED) is 0.744. The van der Waals surface area contributed by atoms with Crippen LogP contribution in [-0.4, -0.2) is 20.2 Å². The summed E-state index contributed by atoms with van der Waals surface area (Å²) in [5.74, 6) is 0. The summed E-state index contributed by atoms with van der Waals surface area (Å²) < 4.78 is 0. The van der Waals surface area contributed by atoms with Gasteiger partial charge in [0.25, 0.3) is 0 Å². The summed E-state index contributed by atoms with van der Waals surface area (Å²) in [7, 11) is 0. The maximum Gasteiger partial charge on any atom is 0.116 e. The Kier molecular flexibility index (Phi) is 2.61. The highest BCUT2D eigenvalue weighted by Gasteiger charge is 2.14. The third-order valence-electron chi connectivity index (χ3n) is 2.83. The second-order valence-corrected chi connectivity index (χ2v) is 4.03. The molecule has 88 valence electrons. The van der Waals surface area contributed by atoms with Crippen molar-refractivity contribution in [3.63, 3.8) is 0 Å². The third kappa shape index (κ3) is 1.78. The van der Waals surface area contributed by atoms with E-state index in [2.05, 4.69) is 20.2 Å². The lowest BCUT2D eigenvalue weighted by Crippen LogP contribution is -1.87. The van der Waals surface area contributed by atoms with E-state index in [1.165, 1.54) is 0 Å². The van der Waals surface area contributed by atoms with Gasteiger partial charge in [-0.3, -0.25) is 5.10 Å². The molecule has 1 aromatic carbocycles. The molecule has 0 aliphatic heterocycles. The Morgan fingerprint density at radius 3 is 2.61 bits per heavy atom. The Hall–Kier alpha value is -2.49. The van der Waals surface area contributed by atoms with Crippen molar-refractivity contribution in [2.24, 2.45) is 0 Å². The van der Waals surface area contributed by atoms with E-state index in [9.17, 15) is 0 Å². The molecule has 0 bridgehead atoms. The summed E-state index contributed by atoms with van der Waals surface area (Å²) in [6.07, 6.45) is 3.29. The molecule has 0 fully saturated rings. The van der Waals surface area contributed by atoms with Crippen LogP contribution in [0.15, 0.2) is 48.9 Å². The normalized spacial score (nSPS) is 10.5. The van der Waals surface area contributed by atoms with Gasteiger partial charge in [0.15, 0.2) is 0 Å². The van der Waals surface area contributed by atoms with Crippen LogP contribution in [0.2, 0.25) is 0 Å². The van der Waals surface area contributed by atoms with Gasteiger partial charge < -0.3 is 0 Å². The molecule has 0 unspecified atom stereocenters. The zero-order valence-corrected chi connectivity index (χ0v) is 9.96. The minimum atomic E-state index is 0.884. The molecule has 0 aliphatic carbocycles. The monoisotopic (exact) mass is 236 g/mol. The van der Waals surface area contributed by atoms with Crippen LogP contribution in [0, 0.1) is 6.92 Å². The molecule has 0 atom stereocenters. The second kappa shape index (κ2) is 4.41. The number of rotatable bonds is 2. The molecule has 18 heavy (non-hydrogen) atoms. The number of benzene rings is 1. The zero-order valence-electron chi connectivity index (χ0n) is 9.96. The van der Waals surface area contributed by atoms with E-state index in [0.717, 1.165) is 28.2 Å². The fraction of sp³-hybridized carbons (Fsp3) is 0.0714. The molecule has 3 aromatic rings. The van der Waals surface area contributed by atoms with Crippen molar-refractivity contribution in [2.45, 2.75) is 6.92 Å². The molecule has 0 spiro atoms. The van der Waals surface area contributed by atoms with Crippen molar-refractivity contribution in [3.8, 4) is 22.5 Å². The third-order valence-corrected chi connectivity index (χ3v) is 2.83. The number of hydrogen-bond donors (Lipinski definition) is 1. The summed E-state index contributed by atoms with van der Waals surface area (Å²) in [6.45, 7) is 2.00. The lowest BCUT2D eigenvalue weighted by atomic mass is 10.0. The second-order valence-electron chi connectivity index (χ2n) is 4.03. The Bertz CT molecular complexity index is 644. The molecule has 0 saturated heterocycles. The van der Waals surface area contributed by atoms with Gasteiger partial charge in [-0.25, -0.2) is 9.97 Å². The molecule has 4 heteroatoms. The predicted octanol–water partition coefficient (Wildman–Crippen LogP) is 2.84. The summed E-state index contributed by atoms with van der Waals surface area (Å²) in [5.41, 5.74) is 4.92. The van der Waals surface area contributed by atoms with Gasteiger partial charge in [-0.15, -0.1) is 0 Å². The van der Waals surface area contributed by atoms with Gasteiger partial charge in [0.2, 0.25) is 0 Å². The molecular formula is C14H12N4. The van der Waals surface area contributed by atoms with Gasteiger partial charge in [0.05, 0.1) is 5.69 Å². The van der Waals surface area contributed by atoms with Crippen LogP contribution in [0.5, 0.6) is 0 Å². The van der Waals surface area contributed by atoms with Gasteiger partial charge in [-0.2, -0.15) is 5.10 Å². The summed E-state index contributed by atoms with van der Waals surface area (Å²) in [4.78, 5) is 8.24. The van der Waals surface area contributed by atoms with E-state index < -0.39 is 0 Å². The molecule has 0 amide bonds. The summed E-state index contributed by atoms with van der Waals surface area (Å²) in [5, 5.41) is 7.40. The first-order valence-corrected chi connectivity index (χ1v) is 5.73. The average Bonchev–Trinajstić information content (AvgIpc) is 2.83. The van der Waals surface area contributed by atoms with E-state index in [1.54, 1.807) is 12.5 Å². The fourth-order valence-electron chi connectivity index (χ4n) is 1.99. The highest BCUT2D eigenvalue weighted by molar-refractivity contribution is 5.80. The maximum atomic E-state index is 4.38. The average molecular weight is 236 g/mol. The van der Waals surface area contributed by atoms with Gasteiger partial charge in [0.1, 0.15) is 12.0 Å². The number of nitrogens with one attached hydrogen (secondary N) is 1. The molecule has 0 radical (unpaired) electrons. The number of nitrogens with zero attached hydrogens (tertiary/aromatic N) is 3. The van der Waals surface area contributed by atoms with E-state index in [1.807, 2.05) is 43.3 Å². The van der Waals surface area contributed by atoms with Gasteiger partial charge in [-0.1, -0.05) is 30.3 Å². The van der Waals surface area contributed by atoms with Crippen molar-refractivity contribution in [1.82, 2.24) is 20.2 Å². The number of aromatic nitrogens is 4. The SMILES string of the molecule is Cc1[nH]nc(-c2ccccc2)c1-c1ccncn1. The Balaban J connectivity index is 2.19. The Morgan fingerprint density at radius 2 is 1.89 bits per heavy atom. The van der Waals surface area contributed by atoms with E-state index >= 15 is 0 Å². The highest BCUT2D eigenvalue weighted by atomic mass is 15.1. The van der Waals surface area contributed by atoms with Crippen LogP contribution in [0.1, 0.15) is 5.69 Å². The molecule has 1 N–H and O–H groups in total. The van der Waals surface area contributed by atoms with Crippen molar-refractivity contribution < 1.29 is 0 Å². The van der Waals surface area contributed by atoms with Crippen molar-refractivity contribution in [3.05, 3.63) is 54.6 Å². The van der Waals surface area contributed by atoms with Crippen molar-refractivity contribution in [1.29, 1.82) is 0 Å². The number of aryl methyl sites for hydroxylation is 1. The van der Waals surface area contributed by atoms with Crippen LogP contribution < -0.4 is 0 Å². The lowest BCUT2D eigenvalue weighted by molar-refractivity contribution is 1.05. The Labute approximate surface area is 105 Å². The van der Waals surface area contributed by atoms with Crippen molar-refractivity contribution in [2.75, 3.05) is 0 Å². The number of hydrogen-bond acceptors (Lipinski definition) is 3. The first kappa shape index (κ1) is 10.7. The fourth-order valence-corrected chi connectivity index (χ4v) is 1.99. The first-order chi connectivity index (χ1) is 8.86. The predicted molar refractivity (Wildman–Crippen MR) is 69.8 cm³/mol. The lowest BCUT2D eigenvalue weighted by Gasteiger charge is -2.02. The topological polar surface area (TPSA) is 54.5 Å². The maximum absolute atomic E-state index is 4.38. The van der Waals surface area contributed by atoms with Gasteiger partial charge in [-0.05, 0) is 13.0 Å². The van der Waals surface area contributed by atoms with Crippen LogP contribution in [0.3, 0.4) is 0 Å². The van der Waals surface area contributed by atoms with Crippen LogP contribution >= 0.6 is 0 Å². The molecule has 3 rings (SSSR count). The van der Waals surface area contributed by atoms with Gasteiger partial charge >= 0.3 is 0 Å². The number of H-pyrrole nitrogens is 1. The standard InChI is InChI=1S/C14H12N4/c1-10-13(12-7-8-15-9-16-12)14(18-17-10)11-5-3-2-4-6-11/h2-9H,1H3,(H,17,18). The van der Waals surface area contributed by atoms with E-state index in [0.29, 0.717) is 0 Å². The van der Waals surface area contributed by atoms with Crippen molar-refractivity contribution >= 4 is 0 Å². The summed E-state index contributed by atoms with van der Waals surface area (Å²) in [6, 6.07) is 12.0. The molecule has 0 aliphatic rings. The Morgan fingerprint density at radius 1 is 1.06 bits per heavy atom. The minimum Gasteiger partial charge on any atom is -0.282 e.